The number of hydrogen-bond donors (Lipinski definition) is 0. The molecule has 0 saturated heterocycles. The molecule has 0 unspecified atom stereocenters. The van der Waals surface area contributed by atoms with Crippen molar-refractivity contribution in [2.24, 2.45) is 0 Å². The van der Waals surface area contributed by atoms with Gasteiger partial charge in [0.1, 0.15) is 0 Å². The molecule has 0 spiro atoms. The Morgan fingerprint density at radius 1 is 1.00 bits per heavy atom. The molecule has 0 amide bonds. The highest BCUT2D eigenvalue weighted by Gasteiger charge is 2.34. The van der Waals surface area contributed by atoms with Crippen molar-refractivity contribution in [3.8, 4) is 0 Å². The normalized spacial score (nSPS) is 12.6. The molecule has 2 aromatic carbocycles. The lowest BCUT2D eigenvalue weighted by molar-refractivity contribution is 0.242. The van der Waals surface area contributed by atoms with Gasteiger partial charge in [-0.05, 0) is 57.5 Å². The van der Waals surface area contributed by atoms with Crippen molar-refractivity contribution in [3.05, 3.63) is 63.6 Å². The molecule has 130 valence electrons. The minimum absolute atomic E-state index is 0.176. The van der Waals surface area contributed by atoms with Gasteiger partial charge in [-0.3, -0.25) is 0 Å². The fourth-order valence-electron chi connectivity index (χ4n) is 2.32. The summed E-state index contributed by atoms with van der Waals surface area (Å²) in [6.07, 6.45) is 0. The smallest absolute Gasteiger partial charge is 0.207 e. The predicted octanol–water partition coefficient (Wildman–Crippen LogP) is 5.29. The van der Waals surface area contributed by atoms with Gasteiger partial charge in [0, 0.05) is 22.1 Å². The summed E-state index contributed by atoms with van der Waals surface area (Å²) in [5.41, 5.74) is 1.12. The lowest BCUT2D eigenvalue weighted by atomic mass is 10.1. The predicted molar refractivity (Wildman–Crippen MR) is 100 cm³/mol. The third-order valence-electron chi connectivity index (χ3n) is 3.69. The van der Waals surface area contributed by atoms with Gasteiger partial charge in [-0.2, -0.15) is 4.31 Å². The lowest BCUT2D eigenvalue weighted by Crippen LogP contribution is -2.44. The van der Waals surface area contributed by atoms with E-state index in [1.807, 2.05) is 27.7 Å². The van der Waals surface area contributed by atoms with Crippen LogP contribution in [0.1, 0.15) is 31.9 Å². The zero-order valence-corrected chi connectivity index (χ0v) is 16.5. The van der Waals surface area contributed by atoms with Gasteiger partial charge < -0.3 is 0 Å². The number of halogens is 2. The van der Waals surface area contributed by atoms with E-state index >= 15 is 0 Å². The Balaban J connectivity index is 2.47. The molecule has 0 fully saturated rings. The molecule has 2 aromatic rings. The number of benzene rings is 2. The van der Waals surface area contributed by atoms with Crippen LogP contribution >= 0.6 is 23.2 Å². The molecular formula is C18H21Cl2NO2S. The molecule has 0 N–H and O–H groups in total. The molecule has 3 nitrogen and oxygen atoms in total. The molecule has 0 aliphatic rings. The first kappa shape index (κ1) is 19.3. The van der Waals surface area contributed by atoms with Gasteiger partial charge in [0.05, 0.1) is 4.90 Å². The highest BCUT2D eigenvalue weighted by Crippen LogP contribution is 2.30. The summed E-state index contributed by atoms with van der Waals surface area (Å²) in [5, 5.41) is 0.975. The highest BCUT2D eigenvalue weighted by atomic mass is 35.5. The fraction of sp³-hybridized carbons (Fsp3) is 0.333. The fourth-order valence-corrected chi connectivity index (χ4v) is 4.56. The first-order valence-electron chi connectivity index (χ1n) is 7.55. The SMILES string of the molecule is Cc1ccc(S(=O)(=O)N(Cc2ccc(Cl)cc2Cl)C(C)(C)C)cc1. The molecule has 6 heteroatoms. The van der Waals surface area contributed by atoms with Gasteiger partial charge in [-0.25, -0.2) is 8.42 Å². The summed E-state index contributed by atoms with van der Waals surface area (Å²) in [6, 6.07) is 11.9. The molecule has 0 aliphatic heterocycles. The number of nitrogens with zero attached hydrogens (tertiary/aromatic N) is 1. The van der Waals surface area contributed by atoms with Crippen LogP contribution in [-0.4, -0.2) is 18.3 Å². The van der Waals surface area contributed by atoms with Crippen molar-refractivity contribution in [2.45, 2.75) is 44.7 Å². The van der Waals surface area contributed by atoms with Crippen molar-refractivity contribution in [3.63, 3.8) is 0 Å². The van der Waals surface area contributed by atoms with Crippen LogP contribution in [0.15, 0.2) is 47.4 Å². The third-order valence-corrected chi connectivity index (χ3v) is 6.40. The van der Waals surface area contributed by atoms with E-state index in [-0.39, 0.29) is 11.4 Å². The third kappa shape index (κ3) is 4.31. The number of rotatable bonds is 4. The van der Waals surface area contributed by atoms with Crippen LogP contribution in [0.25, 0.3) is 0 Å². The topological polar surface area (TPSA) is 37.4 Å². The van der Waals surface area contributed by atoms with Gasteiger partial charge in [-0.1, -0.05) is 47.0 Å². The van der Waals surface area contributed by atoms with Crippen molar-refractivity contribution >= 4 is 33.2 Å². The first-order valence-corrected chi connectivity index (χ1v) is 9.75. The van der Waals surface area contributed by atoms with Crippen LogP contribution in [0.5, 0.6) is 0 Å². The van der Waals surface area contributed by atoms with Gasteiger partial charge in [-0.15, -0.1) is 0 Å². The summed E-state index contributed by atoms with van der Waals surface area (Å²) in [5.74, 6) is 0. The van der Waals surface area contributed by atoms with Crippen LogP contribution in [0, 0.1) is 6.92 Å². The van der Waals surface area contributed by atoms with E-state index in [9.17, 15) is 8.42 Å². The Morgan fingerprint density at radius 2 is 1.58 bits per heavy atom. The van der Waals surface area contributed by atoms with E-state index in [0.717, 1.165) is 5.56 Å². The van der Waals surface area contributed by atoms with Gasteiger partial charge in [0.15, 0.2) is 0 Å². The van der Waals surface area contributed by atoms with Crippen molar-refractivity contribution in [1.29, 1.82) is 0 Å². The maximum Gasteiger partial charge on any atom is 0.243 e. The second kappa shape index (κ2) is 7.04. The second-order valence-electron chi connectivity index (χ2n) is 6.73. The van der Waals surface area contributed by atoms with Crippen LogP contribution in [-0.2, 0) is 16.6 Å². The zero-order chi connectivity index (χ0) is 18.1. The maximum absolute atomic E-state index is 13.1. The van der Waals surface area contributed by atoms with Crippen molar-refractivity contribution in [1.82, 2.24) is 4.31 Å². The summed E-state index contributed by atoms with van der Waals surface area (Å²) in [7, 11) is -3.66. The van der Waals surface area contributed by atoms with E-state index in [0.29, 0.717) is 15.6 Å². The summed E-state index contributed by atoms with van der Waals surface area (Å²) in [4.78, 5) is 0.271. The minimum atomic E-state index is -3.66. The Morgan fingerprint density at radius 3 is 2.08 bits per heavy atom. The molecule has 0 saturated carbocycles. The number of sulfonamides is 1. The van der Waals surface area contributed by atoms with Crippen molar-refractivity contribution in [2.75, 3.05) is 0 Å². The molecule has 0 atom stereocenters. The Kier molecular flexibility index (Phi) is 5.65. The molecule has 2 rings (SSSR count). The Bertz CT molecular complexity index is 825. The monoisotopic (exact) mass is 385 g/mol. The van der Waals surface area contributed by atoms with Gasteiger partial charge in [0.25, 0.3) is 0 Å². The van der Waals surface area contributed by atoms with E-state index in [1.54, 1.807) is 42.5 Å². The maximum atomic E-state index is 13.1. The van der Waals surface area contributed by atoms with E-state index < -0.39 is 15.6 Å². The van der Waals surface area contributed by atoms with E-state index in [4.69, 9.17) is 23.2 Å². The molecule has 0 bridgehead atoms. The highest BCUT2D eigenvalue weighted by molar-refractivity contribution is 7.89. The largest absolute Gasteiger partial charge is 0.243 e. The Hall–Kier alpha value is -1.07. The molecule has 0 heterocycles. The average molecular weight is 386 g/mol. The zero-order valence-electron chi connectivity index (χ0n) is 14.2. The average Bonchev–Trinajstić information content (AvgIpc) is 2.45. The number of aryl methyl sites for hydroxylation is 1. The summed E-state index contributed by atoms with van der Waals surface area (Å²) >= 11 is 12.2. The van der Waals surface area contributed by atoms with Crippen LogP contribution in [0.2, 0.25) is 10.0 Å². The lowest BCUT2D eigenvalue weighted by Gasteiger charge is -2.34. The second-order valence-corrected chi connectivity index (χ2v) is 9.44. The van der Waals surface area contributed by atoms with E-state index in [2.05, 4.69) is 0 Å². The van der Waals surface area contributed by atoms with Crippen LogP contribution in [0.3, 0.4) is 0 Å². The molecule has 0 radical (unpaired) electrons. The first-order chi connectivity index (χ1) is 11.0. The molecule has 24 heavy (non-hydrogen) atoms. The van der Waals surface area contributed by atoms with Gasteiger partial charge in [0.2, 0.25) is 10.0 Å². The molecular weight excluding hydrogens is 365 g/mol. The van der Waals surface area contributed by atoms with Crippen LogP contribution in [0.4, 0.5) is 0 Å². The van der Waals surface area contributed by atoms with Crippen LogP contribution < -0.4 is 0 Å². The summed E-state index contributed by atoms with van der Waals surface area (Å²) in [6.45, 7) is 7.69. The van der Waals surface area contributed by atoms with Crippen molar-refractivity contribution < 1.29 is 8.42 Å². The molecule has 0 aliphatic carbocycles. The quantitative estimate of drug-likeness (QED) is 0.716. The standard InChI is InChI=1S/C18H21Cl2NO2S/c1-13-5-9-16(10-6-13)24(22,23)21(18(2,3)4)12-14-7-8-15(19)11-17(14)20/h5-11H,12H2,1-4H3. The Labute approximate surface area is 154 Å². The summed E-state index contributed by atoms with van der Waals surface area (Å²) < 4.78 is 27.7. The number of hydrogen-bond acceptors (Lipinski definition) is 2. The molecule has 0 aromatic heterocycles. The van der Waals surface area contributed by atoms with Gasteiger partial charge >= 0.3 is 0 Å². The minimum Gasteiger partial charge on any atom is -0.207 e. The van der Waals surface area contributed by atoms with E-state index in [1.165, 1.54) is 4.31 Å².